The summed E-state index contributed by atoms with van der Waals surface area (Å²) in [6, 6.07) is 15.2. The lowest BCUT2D eigenvalue weighted by Gasteiger charge is -2.13. The maximum Gasteiger partial charge on any atom is 0.293 e. The van der Waals surface area contributed by atoms with Gasteiger partial charge in [0, 0.05) is 24.4 Å². The molecule has 1 saturated heterocycles. The summed E-state index contributed by atoms with van der Waals surface area (Å²) >= 11 is 2.18. The van der Waals surface area contributed by atoms with Gasteiger partial charge in [-0.15, -0.1) is 11.8 Å². The minimum Gasteiger partial charge on any atom is -0.354 e. The van der Waals surface area contributed by atoms with E-state index in [1.807, 2.05) is 12.1 Å². The van der Waals surface area contributed by atoms with E-state index in [1.165, 1.54) is 30.0 Å². The third kappa shape index (κ3) is 6.20. The Morgan fingerprint density at radius 1 is 1.19 bits per heavy atom. The van der Waals surface area contributed by atoms with Gasteiger partial charge in [0.05, 0.1) is 22.3 Å². The van der Waals surface area contributed by atoms with Gasteiger partial charge in [0.2, 0.25) is 5.91 Å². The zero-order valence-corrected chi connectivity index (χ0v) is 18.0. The van der Waals surface area contributed by atoms with Crippen LogP contribution >= 0.6 is 23.5 Å². The van der Waals surface area contributed by atoms with Crippen LogP contribution < -0.4 is 5.32 Å². The maximum absolute atomic E-state index is 13.8. The lowest BCUT2D eigenvalue weighted by molar-refractivity contribution is -0.123. The van der Waals surface area contributed by atoms with Crippen molar-refractivity contribution >= 4 is 46.7 Å². The van der Waals surface area contributed by atoms with Gasteiger partial charge in [-0.3, -0.25) is 19.3 Å². The van der Waals surface area contributed by atoms with E-state index in [0.29, 0.717) is 11.3 Å². The molecule has 9 heteroatoms. The first-order valence-electron chi connectivity index (χ1n) is 9.31. The molecule has 3 rings (SSSR count). The van der Waals surface area contributed by atoms with Crippen LogP contribution in [0.5, 0.6) is 0 Å². The SMILES string of the molecule is N#Cc1ccc(CSCC(=O)NCCN2C(=O)S/C(=C\c3ccccc3F)C2=O)cc1. The molecule has 0 atom stereocenters. The molecule has 6 nitrogen and oxygen atoms in total. The summed E-state index contributed by atoms with van der Waals surface area (Å²) in [5.74, 6) is -0.312. The number of nitrogens with one attached hydrogen (secondary N) is 1. The molecular weight excluding hydrogens is 437 g/mol. The molecule has 1 N–H and O–H groups in total. The number of carbonyl (C=O) groups excluding carboxylic acids is 3. The average molecular weight is 456 g/mol. The van der Waals surface area contributed by atoms with E-state index < -0.39 is 17.0 Å². The maximum atomic E-state index is 13.8. The Labute approximate surface area is 187 Å². The number of thioether (sulfide) groups is 2. The molecule has 31 heavy (non-hydrogen) atoms. The molecule has 1 fully saturated rings. The summed E-state index contributed by atoms with van der Waals surface area (Å²) in [4.78, 5) is 37.7. The van der Waals surface area contributed by atoms with E-state index in [1.54, 1.807) is 24.3 Å². The van der Waals surface area contributed by atoms with Crippen molar-refractivity contribution in [2.75, 3.05) is 18.8 Å². The van der Waals surface area contributed by atoms with Gasteiger partial charge in [-0.2, -0.15) is 5.26 Å². The second-order valence-electron chi connectivity index (χ2n) is 6.51. The van der Waals surface area contributed by atoms with Crippen LogP contribution in [0.3, 0.4) is 0 Å². The number of carbonyl (C=O) groups is 3. The monoisotopic (exact) mass is 455 g/mol. The third-order valence-corrected chi connectivity index (χ3v) is 6.22. The second-order valence-corrected chi connectivity index (χ2v) is 8.49. The van der Waals surface area contributed by atoms with Crippen molar-refractivity contribution in [2.45, 2.75) is 5.75 Å². The predicted molar refractivity (Wildman–Crippen MR) is 119 cm³/mol. The highest BCUT2D eigenvalue weighted by Gasteiger charge is 2.34. The third-order valence-electron chi connectivity index (χ3n) is 4.31. The summed E-state index contributed by atoms with van der Waals surface area (Å²) in [5, 5.41) is 11.0. The van der Waals surface area contributed by atoms with Crippen molar-refractivity contribution in [2.24, 2.45) is 0 Å². The number of nitrogens with zero attached hydrogens (tertiary/aromatic N) is 2. The van der Waals surface area contributed by atoms with Gasteiger partial charge in [-0.1, -0.05) is 30.3 Å². The number of benzene rings is 2. The van der Waals surface area contributed by atoms with Crippen molar-refractivity contribution in [3.63, 3.8) is 0 Å². The number of rotatable bonds is 8. The molecule has 0 aliphatic carbocycles. The van der Waals surface area contributed by atoms with Crippen LogP contribution in [0.1, 0.15) is 16.7 Å². The highest BCUT2D eigenvalue weighted by atomic mass is 32.2. The summed E-state index contributed by atoms with van der Waals surface area (Å²) in [7, 11) is 0. The van der Waals surface area contributed by atoms with Gasteiger partial charge in [-0.25, -0.2) is 4.39 Å². The number of hydrogen-bond donors (Lipinski definition) is 1. The van der Waals surface area contributed by atoms with Crippen LogP contribution in [0.15, 0.2) is 53.4 Å². The summed E-state index contributed by atoms with van der Waals surface area (Å²) < 4.78 is 13.8. The average Bonchev–Trinajstić information content (AvgIpc) is 3.03. The van der Waals surface area contributed by atoms with Crippen LogP contribution in [-0.2, 0) is 15.3 Å². The molecule has 3 amide bonds. The molecule has 0 saturated carbocycles. The highest BCUT2D eigenvalue weighted by molar-refractivity contribution is 8.18. The summed E-state index contributed by atoms with van der Waals surface area (Å²) in [6.07, 6.45) is 1.36. The van der Waals surface area contributed by atoms with Crippen molar-refractivity contribution < 1.29 is 18.8 Å². The molecule has 158 valence electrons. The quantitative estimate of drug-likeness (QED) is 0.609. The minimum absolute atomic E-state index is 0.0469. The first kappa shape index (κ1) is 22.6. The molecular formula is C22H18FN3O3S2. The fourth-order valence-corrected chi connectivity index (χ4v) is 4.39. The fourth-order valence-electron chi connectivity index (χ4n) is 2.72. The number of amides is 3. The first-order chi connectivity index (χ1) is 15.0. The molecule has 1 heterocycles. The van der Waals surface area contributed by atoms with Gasteiger partial charge >= 0.3 is 0 Å². The van der Waals surface area contributed by atoms with Crippen LogP contribution in [0, 0.1) is 17.1 Å². The van der Waals surface area contributed by atoms with E-state index in [-0.39, 0.29) is 35.2 Å². The van der Waals surface area contributed by atoms with Gasteiger partial charge < -0.3 is 5.32 Å². The van der Waals surface area contributed by atoms with Crippen molar-refractivity contribution in [3.05, 3.63) is 75.9 Å². The van der Waals surface area contributed by atoms with Crippen molar-refractivity contribution in [1.29, 1.82) is 5.26 Å². The Morgan fingerprint density at radius 3 is 2.65 bits per heavy atom. The van der Waals surface area contributed by atoms with Crippen molar-refractivity contribution in [3.8, 4) is 6.07 Å². The van der Waals surface area contributed by atoms with Crippen LogP contribution in [-0.4, -0.2) is 40.8 Å². The van der Waals surface area contributed by atoms with E-state index >= 15 is 0 Å². The van der Waals surface area contributed by atoms with Crippen LogP contribution in [0.4, 0.5) is 9.18 Å². The van der Waals surface area contributed by atoms with Crippen LogP contribution in [0.25, 0.3) is 6.08 Å². The Bertz CT molecular complexity index is 1060. The molecule has 2 aromatic rings. The normalized spacial score (nSPS) is 14.7. The lowest BCUT2D eigenvalue weighted by Crippen LogP contribution is -2.37. The van der Waals surface area contributed by atoms with E-state index in [0.717, 1.165) is 22.2 Å². The summed E-state index contributed by atoms with van der Waals surface area (Å²) in [5.41, 5.74) is 1.83. The molecule has 0 bridgehead atoms. The van der Waals surface area contributed by atoms with Crippen LogP contribution in [0.2, 0.25) is 0 Å². The first-order valence-corrected chi connectivity index (χ1v) is 11.3. The molecule has 1 aliphatic heterocycles. The Balaban J connectivity index is 1.43. The molecule has 0 aromatic heterocycles. The standard InChI is InChI=1S/C22H18FN3O3S2/c23-18-4-2-1-3-17(18)11-19-21(28)26(22(29)31-19)10-9-25-20(27)14-30-13-16-7-5-15(12-24)6-8-16/h1-8,11H,9-10,13-14H2,(H,25,27)/b19-11-. The molecule has 1 aliphatic rings. The van der Waals surface area contributed by atoms with Gasteiger partial charge in [0.15, 0.2) is 0 Å². The Hall–Kier alpha value is -3.09. The number of halogens is 1. The lowest BCUT2D eigenvalue weighted by atomic mass is 10.2. The molecule has 0 spiro atoms. The molecule has 0 radical (unpaired) electrons. The minimum atomic E-state index is -0.498. The van der Waals surface area contributed by atoms with Gasteiger partial charge in [0.1, 0.15) is 5.82 Å². The summed E-state index contributed by atoms with van der Waals surface area (Å²) in [6.45, 7) is 0.187. The van der Waals surface area contributed by atoms with Gasteiger partial charge in [-0.05, 0) is 41.6 Å². The number of nitriles is 1. The predicted octanol–water partition coefficient (Wildman–Crippen LogP) is 3.78. The Kier molecular flexibility index (Phi) is 7.87. The molecule has 0 unspecified atom stereocenters. The van der Waals surface area contributed by atoms with Gasteiger partial charge in [0.25, 0.3) is 11.1 Å². The van der Waals surface area contributed by atoms with E-state index in [9.17, 15) is 18.8 Å². The topological polar surface area (TPSA) is 90.3 Å². The number of imide groups is 1. The largest absolute Gasteiger partial charge is 0.354 e. The van der Waals surface area contributed by atoms with E-state index in [4.69, 9.17) is 5.26 Å². The highest BCUT2D eigenvalue weighted by Crippen LogP contribution is 2.32. The van der Waals surface area contributed by atoms with Crippen molar-refractivity contribution in [1.82, 2.24) is 10.2 Å². The smallest absolute Gasteiger partial charge is 0.293 e. The zero-order chi connectivity index (χ0) is 22.2. The second kappa shape index (κ2) is 10.8. The number of hydrogen-bond acceptors (Lipinski definition) is 6. The fraction of sp³-hybridized carbons (Fsp3) is 0.182. The Morgan fingerprint density at radius 2 is 1.94 bits per heavy atom. The molecule has 2 aromatic carbocycles. The van der Waals surface area contributed by atoms with E-state index in [2.05, 4.69) is 11.4 Å². The zero-order valence-electron chi connectivity index (χ0n) is 16.3.